The van der Waals surface area contributed by atoms with Gasteiger partial charge in [-0.15, -0.1) is 0 Å². The molecule has 0 saturated heterocycles. The number of benzene rings is 2. The van der Waals surface area contributed by atoms with Crippen LogP contribution < -0.4 is 0 Å². The van der Waals surface area contributed by atoms with E-state index in [4.69, 9.17) is 9.97 Å². The molecule has 140 valence electrons. The lowest BCUT2D eigenvalue weighted by Gasteiger charge is -2.08. The average molecular weight is 397 g/mol. The fourth-order valence-electron chi connectivity index (χ4n) is 3.34. The van der Waals surface area contributed by atoms with Crippen LogP contribution in [0.3, 0.4) is 0 Å². The van der Waals surface area contributed by atoms with Gasteiger partial charge in [0.2, 0.25) is 0 Å². The van der Waals surface area contributed by atoms with Crippen LogP contribution in [0.1, 0.15) is 26.7 Å². The SMILES string of the molecule is CCCn1c(SCSc2nc3ccccc3n2CCC)nc2ccccc21. The van der Waals surface area contributed by atoms with E-state index in [0.717, 1.165) is 52.4 Å². The van der Waals surface area contributed by atoms with Crippen molar-refractivity contribution in [1.82, 2.24) is 19.1 Å². The summed E-state index contributed by atoms with van der Waals surface area (Å²) in [4.78, 5) is 9.70. The molecule has 0 atom stereocenters. The van der Waals surface area contributed by atoms with Crippen molar-refractivity contribution in [2.24, 2.45) is 0 Å². The molecule has 0 N–H and O–H groups in total. The fourth-order valence-corrected chi connectivity index (χ4v) is 5.44. The standard InChI is InChI=1S/C21H24N4S2/c1-3-13-24-18-11-7-5-9-16(18)22-20(24)26-15-27-21-23-17-10-6-8-12-19(17)25(21)14-4-2/h5-12H,3-4,13-15H2,1-2H3. The number of rotatable bonds is 8. The molecule has 4 nitrogen and oxygen atoms in total. The summed E-state index contributed by atoms with van der Waals surface area (Å²) in [6.07, 6.45) is 2.21. The van der Waals surface area contributed by atoms with E-state index in [2.05, 4.69) is 71.5 Å². The van der Waals surface area contributed by atoms with Crippen LogP contribution >= 0.6 is 23.5 Å². The molecule has 2 aromatic carbocycles. The Hall–Kier alpha value is -1.92. The molecule has 0 spiro atoms. The number of thioether (sulfide) groups is 2. The Labute approximate surface area is 168 Å². The Balaban J connectivity index is 1.55. The average Bonchev–Trinajstić information content (AvgIpc) is 3.21. The van der Waals surface area contributed by atoms with E-state index in [-0.39, 0.29) is 0 Å². The third-order valence-corrected chi connectivity index (χ3v) is 6.59. The Morgan fingerprint density at radius 2 is 1.15 bits per heavy atom. The summed E-state index contributed by atoms with van der Waals surface area (Å²) in [6, 6.07) is 16.8. The number of para-hydroxylation sites is 4. The molecule has 2 heterocycles. The first kappa shape index (κ1) is 18.4. The Kier molecular flexibility index (Phi) is 5.74. The molecule has 0 fully saturated rings. The van der Waals surface area contributed by atoms with Gasteiger partial charge < -0.3 is 9.13 Å². The molecule has 0 amide bonds. The summed E-state index contributed by atoms with van der Waals surface area (Å²) in [5.74, 6) is 0. The zero-order chi connectivity index (χ0) is 18.6. The Morgan fingerprint density at radius 1 is 0.704 bits per heavy atom. The monoisotopic (exact) mass is 396 g/mol. The molecule has 0 unspecified atom stereocenters. The van der Waals surface area contributed by atoms with Crippen LogP contribution in [-0.4, -0.2) is 24.2 Å². The van der Waals surface area contributed by atoms with Gasteiger partial charge in [-0.2, -0.15) is 0 Å². The summed E-state index contributed by atoms with van der Waals surface area (Å²) in [6.45, 7) is 6.43. The highest BCUT2D eigenvalue weighted by atomic mass is 32.2. The van der Waals surface area contributed by atoms with Crippen molar-refractivity contribution in [2.45, 2.75) is 50.1 Å². The lowest BCUT2D eigenvalue weighted by Crippen LogP contribution is -2.00. The van der Waals surface area contributed by atoms with Crippen molar-refractivity contribution in [2.75, 3.05) is 5.08 Å². The Morgan fingerprint density at radius 3 is 1.59 bits per heavy atom. The van der Waals surface area contributed by atoms with Crippen LogP contribution in [-0.2, 0) is 13.1 Å². The first-order valence-electron chi connectivity index (χ1n) is 9.48. The van der Waals surface area contributed by atoms with Gasteiger partial charge in [0.25, 0.3) is 0 Å². The zero-order valence-electron chi connectivity index (χ0n) is 15.8. The summed E-state index contributed by atoms with van der Waals surface area (Å²) in [7, 11) is 0. The number of aryl methyl sites for hydroxylation is 2. The molecular weight excluding hydrogens is 372 g/mol. The summed E-state index contributed by atoms with van der Waals surface area (Å²) in [5.41, 5.74) is 4.61. The molecule has 4 rings (SSSR count). The second kappa shape index (κ2) is 8.40. The lowest BCUT2D eigenvalue weighted by molar-refractivity contribution is 0.637. The van der Waals surface area contributed by atoms with Gasteiger partial charge in [-0.05, 0) is 37.1 Å². The van der Waals surface area contributed by atoms with Crippen LogP contribution in [0.25, 0.3) is 22.1 Å². The van der Waals surface area contributed by atoms with Gasteiger partial charge in [0.1, 0.15) is 0 Å². The predicted octanol–water partition coefficient (Wildman–Crippen LogP) is 6.05. The minimum atomic E-state index is 0.903. The van der Waals surface area contributed by atoms with E-state index < -0.39 is 0 Å². The number of hydrogen-bond acceptors (Lipinski definition) is 4. The van der Waals surface area contributed by atoms with Crippen molar-refractivity contribution in [1.29, 1.82) is 0 Å². The van der Waals surface area contributed by atoms with Crippen LogP contribution in [0.15, 0.2) is 58.8 Å². The van der Waals surface area contributed by atoms with Crippen molar-refractivity contribution < 1.29 is 0 Å². The molecule has 0 saturated carbocycles. The van der Waals surface area contributed by atoms with Gasteiger partial charge in [0.15, 0.2) is 10.3 Å². The summed E-state index contributed by atoms with van der Waals surface area (Å²) in [5, 5.41) is 3.10. The molecule has 0 radical (unpaired) electrons. The second-order valence-corrected chi connectivity index (χ2v) is 8.73. The topological polar surface area (TPSA) is 35.6 Å². The molecule has 27 heavy (non-hydrogen) atoms. The molecule has 0 bridgehead atoms. The number of fused-ring (bicyclic) bond motifs is 2. The van der Waals surface area contributed by atoms with E-state index >= 15 is 0 Å². The normalized spacial score (nSPS) is 11.6. The highest BCUT2D eigenvalue weighted by Crippen LogP contribution is 2.31. The number of hydrogen-bond donors (Lipinski definition) is 0. The van der Waals surface area contributed by atoms with Crippen LogP contribution in [0.5, 0.6) is 0 Å². The molecule has 0 aliphatic rings. The van der Waals surface area contributed by atoms with Gasteiger partial charge in [-0.3, -0.25) is 0 Å². The van der Waals surface area contributed by atoms with Crippen LogP contribution in [0.2, 0.25) is 0 Å². The first-order valence-corrected chi connectivity index (χ1v) is 11.4. The second-order valence-electron chi connectivity index (χ2n) is 6.48. The quantitative estimate of drug-likeness (QED) is 0.268. The van der Waals surface area contributed by atoms with Gasteiger partial charge in [0.05, 0.1) is 27.2 Å². The van der Waals surface area contributed by atoms with E-state index in [1.54, 1.807) is 23.5 Å². The summed E-state index contributed by atoms with van der Waals surface area (Å²) >= 11 is 3.61. The maximum Gasteiger partial charge on any atom is 0.169 e. The van der Waals surface area contributed by atoms with Gasteiger partial charge in [-0.25, -0.2) is 9.97 Å². The minimum absolute atomic E-state index is 0.903. The maximum atomic E-state index is 4.85. The highest BCUT2D eigenvalue weighted by molar-refractivity contribution is 8.15. The van der Waals surface area contributed by atoms with Gasteiger partial charge >= 0.3 is 0 Å². The Bertz CT molecular complexity index is 967. The summed E-state index contributed by atoms with van der Waals surface area (Å²) < 4.78 is 4.69. The van der Waals surface area contributed by atoms with E-state index in [0.29, 0.717) is 0 Å². The molecule has 6 heteroatoms. The van der Waals surface area contributed by atoms with E-state index in [9.17, 15) is 0 Å². The van der Waals surface area contributed by atoms with Crippen LogP contribution in [0.4, 0.5) is 0 Å². The highest BCUT2D eigenvalue weighted by Gasteiger charge is 2.13. The van der Waals surface area contributed by atoms with E-state index in [1.165, 1.54) is 11.0 Å². The number of aromatic nitrogens is 4. The minimum Gasteiger partial charge on any atom is -0.319 e. The van der Waals surface area contributed by atoms with E-state index in [1.807, 2.05) is 0 Å². The van der Waals surface area contributed by atoms with Crippen LogP contribution in [0, 0.1) is 0 Å². The number of nitrogens with zero attached hydrogens (tertiary/aromatic N) is 4. The lowest BCUT2D eigenvalue weighted by atomic mass is 10.3. The number of imidazole rings is 2. The first-order chi connectivity index (χ1) is 13.3. The maximum absolute atomic E-state index is 4.85. The van der Waals surface area contributed by atoms with Crippen molar-refractivity contribution >= 4 is 45.6 Å². The van der Waals surface area contributed by atoms with Crippen molar-refractivity contribution in [3.63, 3.8) is 0 Å². The largest absolute Gasteiger partial charge is 0.319 e. The molecule has 2 aromatic heterocycles. The van der Waals surface area contributed by atoms with Gasteiger partial charge in [0, 0.05) is 13.1 Å². The van der Waals surface area contributed by atoms with Crippen molar-refractivity contribution in [3.8, 4) is 0 Å². The third kappa shape index (κ3) is 3.73. The van der Waals surface area contributed by atoms with Gasteiger partial charge in [-0.1, -0.05) is 61.6 Å². The molecule has 4 aromatic rings. The zero-order valence-corrected chi connectivity index (χ0v) is 17.4. The molecular formula is C21H24N4S2. The third-order valence-electron chi connectivity index (χ3n) is 4.51. The molecule has 0 aliphatic heterocycles. The smallest absolute Gasteiger partial charge is 0.169 e. The fraction of sp³-hybridized carbons (Fsp3) is 0.333. The van der Waals surface area contributed by atoms with Crippen molar-refractivity contribution in [3.05, 3.63) is 48.5 Å². The molecule has 0 aliphatic carbocycles. The predicted molar refractivity (Wildman–Crippen MR) is 117 cm³/mol.